The maximum atomic E-state index is 12.0. The molecule has 2 rings (SSSR count). The molecule has 0 bridgehead atoms. The number of carbonyl (C=O) groups excluding carboxylic acids is 1. The Kier molecular flexibility index (Phi) is 3.66. The third-order valence-electron chi connectivity index (χ3n) is 2.71. The van der Waals surface area contributed by atoms with Gasteiger partial charge in [-0.2, -0.15) is 0 Å². The van der Waals surface area contributed by atoms with Gasteiger partial charge in [-0.25, -0.2) is 4.68 Å². The van der Waals surface area contributed by atoms with E-state index in [9.17, 15) is 4.79 Å². The minimum Gasteiger partial charge on any atom is -0.350 e. The van der Waals surface area contributed by atoms with Crippen LogP contribution in [0.4, 0.5) is 0 Å². The maximum Gasteiger partial charge on any atom is 0.251 e. The summed E-state index contributed by atoms with van der Waals surface area (Å²) < 4.78 is 1.51. The van der Waals surface area contributed by atoms with Gasteiger partial charge in [0.05, 0.1) is 5.69 Å². The lowest BCUT2D eigenvalue weighted by Gasteiger charge is -2.11. The monoisotopic (exact) mass is 245 g/mol. The van der Waals surface area contributed by atoms with E-state index >= 15 is 0 Å². The van der Waals surface area contributed by atoms with Crippen molar-refractivity contribution in [2.45, 2.75) is 26.3 Å². The fourth-order valence-electron chi connectivity index (χ4n) is 1.48. The molecule has 6 nitrogen and oxygen atoms in total. The highest BCUT2D eigenvalue weighted by Crippen LogP contribution is 2.09. The van der Waals surface area contributed by atoms with Crippen LogP contribution in [0.25, 0.3) is 5.69 Å². The first kappa shape index (κ1) is 12.2. The van der Waals surface area contributed by atoms with Crippen molar-refractivity contribution in [1.82, 2.24) is 25.5 Å². The van der Waals surface area contributed by atoms with E-state index in [-0.39, 0.29) is 11.9 Å². The summed E-state index contributed by atoms with van der Waals surface area (Å²) in [5.41, 5.74) is 1.36. The molecule has 94 valence electrons. The van der Waals surface area contributed by atoms with Crippen LogP contribution in [0.1, 0.15) is 30.6 Å². The Labute approximate surface area is 105 Å². The van der Waals surface area contributed by atoms with Gasteiger partial charge < -0.3 is 5.32 Å². The number of hydrogen-bond acceptors (Lipinski definition) is 4. The fourth-order valence-corrected chi connectivity index (χ4v) is 1.48. The molecular weight excluding hydrogens is 230 g/mol. The summed E-state index contributed by atoms with van der Waals surface area (Å²) in [6.07, 6.45) is 2.39. The van der Waals surface area contributed by atoms with E-state index < -0.39 is 0 Å². The zero-order valence-corrected chi connectivity index (χ0v) is 10.4. The lowest BCUT2D eigenvalue weighted by atomic mass is 10.1. The second-order valence-electron chi connectivity index (χ2n) is 4.09. The van der Waals surface area contributed by atoms with E-state index in [0.717, 1.165) is 12.1 Å². The zero-order valence-electron chi connectivity index (χ0n) is 10.4. The van der Waals surface area contributed by atoms with Gasteiger partial charge in [0.15, 0.2) is 0 Å². The number of nitrogens with one attached hydrogen (secondary N) is 1. The average Bonchev–Trinajstić information content (AvgIpc) is 2.92. The van der Waals surface area contributed by atoms with E-state index in [2.05, 4.69) is 20.8 Å². The lowest BCUT2D eigenvalue weighted by Crippen LogP contribution is -2.31. The highest BCUT2D eigenvalue weighted by Gasteiger charge is 2.09. The van der Waals surface area contributed by atoms with Crippen LogP contribution in [0.3, 0.4) is 0 Å². The average molecular weight is 245 g/mol. The number of carbonyl (C=O) groups is 1. The van der Waals surface area contributed by atoms with Gasteiger partial charge in [0.25, 0.3) is 5.91 Å². The van der Waals surface area contributed by atoms with Gasteiger partial charge >= 0.3 is 0 Å². The Hall–Kier alpha value is -2.24. The van der Waals surface area contributed by atoms with Gasteiger partial charge in [0.1, 0.15) is 6.33 Å². The van der Waals surface area contributed by atoms with Crippen LogP contribution in [0, 0.1) is 0 Å². The molecule has 6 heteroatoms. The molecule has 0 aliphatic rings. The van der Waals surface area contributed by atoms with E-state index in [1.165, 1.54) is 11.0 Å². The topological polar surface area (TPSA) is 72.7 Å². The lowest BCUT2D eigenvalue weighted by molar-refractivity contribution is 0.0939. The van der Waals surface area contributed by atoms with Gasteiger partial charge in [-0.3, -0.25) is 4.79 Å². The number of rotatable bonds is 4. The Morgan fingerprint density at radius 1 is 1.50 bits per heavy atom. The largest absolute Gasteiger partial charge is 0.350 e. The number of aromatic nitrogens is 4. The summed E-state index contributed by atoms with van der Waals surface area (Å²) in [6, 6.07) is 7.34. The molecule has 18 heavy (non-hydrogen) atoms. The van der Waals surface area contributed by atoms with Crippen molar-refractivity contribution in [2.75, 3.05) is 0 Å². The Morgan fingerprint density at radius 3 is 3.00 bits per heavy atom. The number of tetrazole rings is 1. The van der Waals surface area contributed by atoms with E-state index in [1.807, 2.05) is 26.0 Å². The molecule has 1 N–H and O–H groups in total. The molecular formula is C12H15N5O. The Balaban J connectivity index is 2.20. The SMILES string of the molecule is CC[C@@H](C)NC(=O)c1cccc(-n2cnnn2)c1. The minimum absolute atomic E-state index is 0.0840. The molecule has 1 heterocycles. The molecule has 1 amide bonds. The molecule has 2 aromatic rings. The highest BCUT2D eigenvalue weighted by molar-refractivity contribution is 5.94. The maximum absolute atomic E-state index is 12.0. The van der Waals surface area contributed by atoms with Crippen molar-refractivity contribution >= 4 is 5.91 Å². The number of amides is 1. The second-order valence-corrected chi connectivity index (χ2v) is 4.09. The van der Waals surface area contributed by atoms with Crippen molar-refractivity contribution in [3.05, 3.63) is 36.2 Å². The van der Waals surface area contributed by atoms with Gasteiger partial charge in [0, 0.05) is 11.6 Å². The summed E-state index contributed by atoms with van der Waals surface area (Å²) in [4.78, 5) is 12.0. The predicted octanol–water partition coefficient (Wildman–Crippen LogP) is 1.19. The Bertz CT molecular complexity index is 523. The summed E-state index contributed by atoms with van der Waals surface area (Å²) in [5, 5.41) is 13.8. The molecule has 0 radical (unpaired) electrons. The van der Waals surface area contributed by atoms with Crippen LogP contribution < -0.4 is 5.32 Å². The van der Waals surface area contributed by atoms with Crippen LogP contribution in [0.2, 0.25) is 0 Å². The van der Waals surface area contributed by atoms with Gasteiger partial charge in [-0.05, 0) is 42.0 Å². The standard InChI is InChI=1S/C12H15N5O/c1-3-9(2)14-12(18)10-5-4-6-11(7-10)17-8-13-15-16-17/h4-9H,3H2,1-2H3,(H,14,18)/t9-/m1/s1. The van der Waals surface area contributed by atoms with Gasteiger partial charge in [0.2, 0.25) is 0 Å². The first-order valence-corrected chi connectivity index (χ1v) is 5.85. The summed E-state index contributed by atoms with van der Waals surface area (Å²) in [5.74, 6) is -0.0840. The van der Waals surface area contributed by atoms with Crippen molar-refractivity contribution in [3.8, 4) is 5.69 Å². The van der Waals surface area contributed by atoms with Gasteiger partial charge in [-0.1, -0.05) is 13.0 Å². The third-order valence-corrected chi connectivity index (χ3v) is 2.71. The number of benzene rings is 1. The first-order valence-electron chi connectivity index (χ1n) is 5.85. The van der Waals surface area contributed by atoms with Crippen LogP contribution in [0.15, 0.2) is 30.6 Å². The second kappa shape index (κ2) is 5.39. The van der Waals surface area contributed by atoms with E-state index in [4.69, 9.17) is 0 Å². The number of hydrogen-bond donors (Lipinski definition) is 1. The molecule has 0 spiro atoms. The van der Waals surface area contributed by atoms with Crippen molar-refractivity contribution < 1.29 is 4.79 Å². The van der Waals surface area contributed by atoms with Crippen LogP contribution >= 0.6 is 0 Å². The summed E-state index contributed by atoms with van der Waals surface area (Å²) in [6.45, 7) is 4.01. The number of nitrogens with zero attached hydrogens (tertiary/aromatic N) is 4. The predicted molar refractivity (Wildman–Crippen MR) is 66.4 cm³/mol. The zero-order chi connectivity index (χ0) is 13.0. The van der Waals surface area contributed by atoms with Gasteiger partial charge in [-0.15, -0.1) is 5.10 Å². The summed E-state index contributed by atoms with van der Waals surface area (Å²) >= 11 is 0. The smallest absolute Gasteiger partial charge is 0.251 e. The van der Waals surface area contributed by atoms with E-state index in [0.29, 0.717) is 5.56 Å². The summed E-state index contributed by atoms with van der Waals surface area (Å²) in [7, 11) is 0. The molecule has 1 atom stereocenters. The molecule has 0 aliphatic carbocycles. The highest BCUT2D eigenvalue weighted by atomic mass is 16.1. The van der Waals surface area contributed by atoms with E-state index in [1.54, 1.807) is 12.1 Å². The normalized spacial score (nSPS) is 12.1. The quantitative estimate of drug-likeness (QED) is 0.878. The van der Waals surface area contributed by atoms with Crippen molar-refractivity contribution in [1.29, 1.82) is 0 Å². The molecule has 0 fully saturated rings. The molecule has 0 unspecified atom stereocenters. The molecule has 1 aromatic carbocycles. The first-order chi connectivity index (χ1) is 8.70. The van der Waals surface area contributed by atoms with Crippen molar-refractivity contribution in [2.24, 2.45) is 0 Å². The van der Waals surface area contributed by atoms with Crippen LogP contribution in [0.5, 0.6) is 0 Å². The molecule has 0 aliphatic heterocycles. The Morgan fingerprint density at radius 2 is 2.33 bits per heavy atom. The molecule has 0 saturated heterocycles. The third kappa shape index (κ3) is 2.71. The molecule has 1 aromatic heterocycles. The molecule has 0 saturated carbocycles. The van der Waals surface area contributed by atoms with Crippen molar-refractivity contribution in [3.63, 3.8) is 0 Å². The minimum atomic E-state index is -0.0840. The van der Waals surface area contributed by atoms with Crippen LogP contribution in [-0.4, -0.2) is 32.2 Å². The fraction of sp³-hybridized carbons (Fsp3) is 0.333. The van der Waals surface area contributed by atoms with Crippen LogP contribution in [-0.2, 0) is 0 Å².